The Balaban J connectivity index is 1.67. The molecule has 3 rings (SSSR count). The fourth-order valence-electron chi connectivity index (χ4n) is 3.35. The maximum absolute atomic E-state index is 12.6. The quantitative estimate of drug-likeness (QED) is 0.909. The summed E-state index contributed by atoms with van der Waals surface area (Å²) in [6.45, 7) is 1.37. The summed E-state index contributed by atoms with van der Waals surface area (Å²) in [4.78, 5) is 25.5. The van der Waals surface area contributed by atoms with E-state index < -0.39 is 5.97 Å². The van der Waals surface area contributed by atoms with Crippen LogP contribution in [-0.4, -0.2) is 42.1 Å². The van der Waals surface area contributed by atoms with Gasteiger partial charge >= 0.3 is 5.97 Å². The Labute approximate surface area is 146 Å². The summed E-state index contributed by atoms with van der Waals surface area (Å²) in [6.07, 6.45) is 1.13. The Bertz CT molecular complexity index is 787. The molecule has 0 bridgehead atoms. The van der Waals surface area contributed by atoms with Gasteiger partial charge in [-0.2, -0.15) is 0 Å². The molecule has 0 radical (unpaired) electrons. The van der Waals surface area contributed by atoms with Gasteiger partial charge in [0.2, 0.25) is 5.91 Å². The molecule has 1 amide bonds. The summed E-state index contributed by atoms with van der Waals surface area (Å²) in [5, 5.41) is 9.06. The summed E-state index contributed by atoms with van der Waals surface area (Å²) in [5.74, 6) is 0.174. The van der Waals surface area contributed by atoms with E-state index in [9.17, 15) is 9.59 Å². The molecule has 2 aromatic carbocycles. The van der Waals surface area contributed by atoms with Crippen molar-refractivity contribution in [1.82, 2.24) is 4.90 Å². The molecule has 130 valence electrons. The van der Waals surface area contributed by atoms with Crippen LogP contribution in [0.3, 0.4) is 0 Å². The van der Waals surface area contributed by atoms with Gasteiger partial charge in [-0.05, 0) is 35.7 Å². The zero-order valence-corrected chi connectivity index (χ0v) is 14.1. The van der Waals surface area contributed by atoms with Crippen LogP contribution < -0.4 is 4.74 Å². The molecule has 1 atom stereocenters. The summed E-state index contributed by atoms with van der Waals surface area (Å²) >= 11 is 0. The largest absolute Gasteiger partial charge is 0.496 e. The van der Waals surface area contributed by atoms with Crippen molar-refractivity contribution in [3.8, 4) is 5.75 Å². The Kier molecular flexibility index (Phi) is 5.03. The minimum absolute atomic E-state index is 0.0277. The predicted molar refractivity (Wildman–Crippen MR) is 94.0 cm³/mol. The number of carbonyl (C=O) groups is 2. The highest BCUT2D eigenvalue weighted by Gasteiger charge is 2.28. The molecule has 1 aliphatic rings. The molecule has 1 fully saturated rings. The number of hydrogen-bond donors (Lipinski definition) is 1. The van der Waals surface area contributed by atoms with Gasteiger partial charge in [0.15, 0.2) is 0 Å². The minimum atomic E-state index is -0.980. The first-order valence-electron chi connectivity index (χ1n) is 8.31. The summed E-state index contributed by atoms with van der Waals surface area (Å²) in [6, 6.07) is 14.5. The molecule has 0 aromatic heterocycles. The molecule has 5 heteroatoms. The van der Waals surface area contributed by atoms with Crippen LogP contribution in [0.15, 0.2) is 48.5 Å². The molecule has 0 saturated carbocycles. The van der Waals surface area contributed by atoms with Crippen LogP contribution in [0.2, 0.25) is 0 Å². The molecule has 1 saturated heterocycles. The number of hydrogen-bond acceptors (Lipinski definition) is 3. The Morgan fingerprint density at radius 1 is 1.20 bits per heavy atom. The number of carboxylic acids is 1. The van der Waals surface area contributed by atoms with Crippen LogP contribution in [0, 0.1) is 0 Å². The van der Waals surface area contributed by atoms with Crippen LogP contribution in [0.1, 0.15) is 33.8 Å². The van der Waals surface area contributed by atoms with Crippen molar-refractivity contribution >= 4 is 11.9 Å². The van der Waals surface area contributed by atoms with Crippen LogP contribution in [-0.2, 0) is 11.2 Å². The summed E-state index contributed by atoms with van der Waals surface area (Å²) < 4.78 is 5.43. The number of aromatic carboxylic acids is 1. The van der Waals surface area contributed by atoms with Gasteiger partial charge in [-0.3, -0.25) is 4.79 Å². The lowest BCUT2D eigenvalue weighted by atomic mass is 9.97. The van der Waals surface area contributed by atoms with E-state index in [2.05, 4.69) is 0 Å². The molecule has 0 spiro atoms. The van der Waals surface area contributed by atoms with Gasteiger partial charge in [-0.25, -0.2) is 4.79 Å². The smallest absolute Gasteiger partial charge is 0.335 e. The van der Waals surface area contributed by atoms with E-state index in [4.69, 9.17) is 9.84 Å². The van der Waals surface area contributed by atoms with Crippen LogP contribution >= 0.6 is 0 Å². The maximum atomic E-state index is 12.6. The molecule has 0 aliphatic carbocycles. The molecule has 1 unspecified atom stereocenters. The lowest BCUT2D eigenvalue weighted by Crippen LogP contribution is -2.30. The summed E-state index contributed by atoms with van der Waals surface area (Å²) in [5.41, 5.74) is 2.07. The third-order valence-electron chi connectivity index (χ3n) is 4.65. The molecule has 1 N–H and O–H groups in total. The highest BCUT2D eigenvalue weighted by atomic mass is 16.5. The predicted octanol–water partition coefficient (Wildman–Crippen LogP) is 2.95. The van der Waals surface area contributed by atoms with E-state index in [1.165, 1.54) is 6.07 Å². The third-order valence-corrected chi connectivity index (χ3v) is 4.65. The van der Waals surface area contributed by atoms with Gasteiger partial charge in [-0.15, -0.1) is 0 Å². The second kappa shape index (κ2) is 7.38. The van der Waals surface area contributed by atoms with Gasteiger partial charge in [0.25, 0.3) is 0 Å². The van der Waals surface area contributed by atoms with Crippen LogP contribution in [0.4, 0.5) is 0 Å². The number of likely N-dealkylation sites (tertiary alicyclic amines) is 1. The third kappa shape index (κ3) is 3.82. The first-order chi connectivity index (χ1) is 12.1. The average molecular weight is 339 g/mol. The normalized spacial score (nSPS) is 16.7. The molecular formula is C20H21NO4. The minimum Gasteiger partial charge on any atom is -0.496 e. The number of ether oxygens (including phenoxy) is 1. The summed E-state index contributed by atoms with van der Waals surface area (Å²) in [7, 11) is 1.66. The highest BCUT2D eigenvalue weighted by Crippen LogP contribution is 2.33. The van der Waals surface area contributed by atoms with Gasteiger partial charge in [0.1, 0.15) is 5.75 Å². The second-order valence-electron chi connectivity index (χ2n) is 6.25. The van der Waals surface area contributed by atoms with Gasteiger partial charge in [0, 0.05) is 19.0 Å². The number of para-hydroxylation sites is 1. The van der Waals surface area contributed by atoms with Crippen molar-refractivity contribution in [3.63, 3.8) is 0 Å². The van der Waals surface area contributed by atoms with Crippen molar-refractivity contribution in [2.75, 3.05) is 20.2 Å². The lowest BCUT2D eigenvalue weighted by molar-refractivity contribution is -0.129. The van der Waals surface area contributed by atoms with E-state index >= 15 is 0 Å². The first-order valence-corrected chi connectivity index (χ1v) is 8.31. The fraction of sp³-hybridized carbons (Fsp3) is 0.300. The van der Waals surface area contributed by atoms with Gasteiger partial charge in [-0.1, -0.05) is 30.3 Å². The Morgan fingerprint density at radius 2 is 2.00 bits per heavy atom. The highest BCUT2D eigenvalue weighted by molar-refractivity contribution is 5.88. The lowest BCUT2D eigenvalue weighted by Gasteiger charge is -2.18. The van der Waals surface area contributed by atoms with Crippen LogP contribution in [0.5, 0.6) is 5.75 Å². The average Bonchev–Trinajstić information content (AvgIpc) is 3.12. The Morgan fingerprint density at radius 3 is 2.76 bits per heavy atom. The van der Waals surface area contributed by atoms with E-state index in [-0.39, 0.29) is 23.8 Å². The number of rotatable bonds is 5. The molecule has 1 aliphatic heterocycles. The van der Waals surface area contributed by atoms with Crippen molar-refractivity contribution in [1.29, 1.82) is 0 Å². The second-order valence-corrected chi connectivity index (χ2v) is 6.25. The Hall–Kier alpha value is -2.82. The molecule has 2 aromatic rings. The topological polar surface area (TPSA) is 66.8 Å². The van der Waals surface area contributed by atoms with E-state index in [0.29, 0.717) is 13.1 Å². The number of carbonyl (C=O) groups excluding carboxylic acids is 1. The van der Waals surface area contributed by atoms with Crippen molar-refractivity contribution in [3.05, 3.63) is 65.2 Å². The van der Waals surface area contributed by atoms with E-state index in [1.807, 2.05) is 29.2 Å². The van der Waals surface area contributed by atoms with Crippen molar-refractivity contribution in [2.24, 2.45) is 0 Å². The number of nitrogens with zero attached hydrogens (tertiary/aromatic N) is 1. The molecule has 25 heavy (non-hydrogen) atoms. The zero-order chi connectivity index (χ0) is 17.8. The standard InChI is InChI=1S/C20H21NO4/c1-25-18-8-3-2-7-17(18)16-9-10-21(13-16)19(22)12-14-5-4-6-15(11-14)20(23)24/h2-8,11,16H,9-10,12-13H2,1H3,(H,23,24). The number of benzene rings is 2. The molecule has 1 heterocycles. The van der Waals surface area contributed by atoms with Gasteiger partial charge in [0.05, 0.1) is 19.1 Å². The SMILES string of the molecule is COc1ccccc1C1CCN(C(=O)Cc2cccc(C(=O)O)c2)C1. The number of amides is 1. The molecular weight excluding hydrogens is 318 g/mol. The fourth-order valence-corrected chi connectivity index (χ4v) is 3.35. The zero-order valence-electron chi connectivity index (χ0n) is 14.1. The first kappa shape index (κ1) is 17.0. The van der Waals surface area contributed by atoms with Crippen LogP contribution in [0.25, 0.3) is 0 Å². The van der Waals surface area contributed by atoms with E-state index in [1.54, 1.807) is 25.3 Å². The van der Waals surface area contributed by atoms with Crippen molar-refractivity contribution < 1.29 is 19.4 Å². The maximum Gasteiger partial charge on any atom is 0.335 e. The number of methoxy groups -OCH3 is 1. The van der Waals surface area contributed by atoms with Gasteiger partial charge < -0.3 is 14.7 Å². The monoisotopic (exact) mass is 339 g/mol. The molecule has 5 nitrogen and oxygen atoms in total. The van der Waals surface area contributed by atoms with Crippen molar-refractivity contribution in [2.45, 2.75) is 18.8 Å². The number of carboxylic acid groups (broad SMARTS) is 1. The van der Waals surface area contributed by atoms with E-state index in [0.717, 1.165) is 23.3 Å².